The molecule has 2 bridgehead atoms. The van der Waals surface area contributed by atoms with Crippen molar-refractivity contribution in [3.05, 3.63) is 40.9 Å². The Balaban J connectivity index is 1.25. The van der Waals surface area contributed by atoms with E-state index in [1.54, 1.807) is 0 Å². The van der Waals surface area contributed by atoms with Gasteiger partial charge in [-0.05, 0) is 56.1 Å². The molecule has 2 saturated carbocycles. The maximum atomic E-state index is 12.1. The van der Waals surface area contributed by atoms with Gasteiger partial charge < -0.3 is 10.1 Å². The summed E-state index contributed by atoms with van der Waals surface area (Å²) in [7, 11) is 0. The quantitative estimate of drug-likeness (QED) is 0.735. The van der Waals surface area contributed by atoms with Crippen molar-refractivity contribution in [3.8, 4) is 0 Å². The third-order valence-corrected chi connectivity index (χ3v) is 6.36. The summed E-state index contributed by atoms with van der Waals surface area (Å²) in [4.78, 5) is 16.6. The number of hydrogen-bond donors (Lipinski definition) is 1. The van der Waals surface area contributed by atoms with Crippen LogP contribution in [-0.2, 0) is 16.1 Å². The van der Waals surface area contributed by atoms with Gasteiger partial charge in [-0.1, -0.05) is 24.1 Å². The van der Waals surface area contributed by atoms with E-state index < -0.39 is 0 Å². The molecule has 4 rings (SSSR count). The fourth-order valence-corrected chi connectivity index (χ4v) is 4.96. The normalized spacial score (nSPS) is 24.4. The summed E-state index contributed by atoms with van der Waals surface area (Å²) in [6, 6.07) is 8.19. The lowest BCUT2D eigenvalue weighted by Gasteiger charge is -2.20. The number of thiazole rings is 1. The molecule has 2 fully saturated rings. The average Bonchev–Trinajstić information content (AvgIpc) is 3.32. The topological polar surface area (TPSA) is 51.2 Å². The minimum absolute atomic E-state index is 0.0707. The van der Waals surface area contributed by atoms with Crippen molar-refractivity contribution >= 4 is 28.1 Å². The van der Waals surface area contributed by atoms with Crippen LogP contribution in [0.2, 0.25) is 0 Å². The molecule has 3 atom stereocenters. The number of nitrogens with zero attached hydrogens (tertiary/aromatic N) is 1. The van der Waals surface area contributed by atoms with Gasteiger partial charge in [-0.3, -0.25) is 4.79 Å². The van der Waals surface area contributed by atoms with Crippen molar-refractivity contribution in [2.75, 3.05) is 5.32 Å². The molecule has 1 aromatic carbocycles. The zero-order chi connectivity index (χ0) is 17.2. The SMILES string of the molecule is Cc1ccc(Nc2nc(COC(=O)C[C@@H]3C[C@@H]4CC[C@@H]3C4)cs2)cc1. The van der Waals surface area contributed by atoms with E-state index in [2.05, 4.69) is 29.4 Å². The van der Waals surface area contributed by atoms with Crippen molar-refractivity contribution < 1.29 is 9.53 Å². The number of aromatic nitrogens is 1. The molecular formula is C20H24N2O2S. The van der Waals surface area contributed by atoms with Gasteiger partial charge in [-0.15, -0.1) is 11.3 Å². The van der Waals surface area contributed by atoms with Gasteiger partial charge in [0.25, 0.3) is 0 Å². The molecule has 0 amide bonds. The van der Waals surface area contributed by atoms with Crippen LogP contribution in [0.3, 0.4) is 0 Å². The maximum absolute atomic E-state index is 12.1. The molecule has 2 aliphatic rings. The monoisotopic (exact) mass is 356 g/mol. The van der Waals surface area contributed by atoms with Gasteiger partial charge in [0.2, 0.25) is 0 Å². The Morgan fingerprint density at radius 2 is 2.12 bits per heavy atom. The highest BCUT2D eigenvalue weighted by Gasteiger charge is 2.40. The number of esters is 1. The van der Waals surface area contributed by atoms with Crippen LogP contribution in [0.1, 0.15) is 43.4 Å². The number of nitrogens with one attached hydrogen (secondary N) is 1. The van der Waals surface area contributed by atoms with Gasteiger partial charge in [-0.25, -0.2) is 4.98 Å². The molecule has 0 unspecified atom stereocenters. The summed E-state index contributed by atoms with van der Waals surface area (Å²) >= 11 is 1.53. The lowest BCUT2D eigenvalue weighted by atomic mass is 9.86. The maximum Gasteiger partial charge on any atom is 0.306 e. The highest BCUT2D eigenvalue weighted by Crippen LogP contribution is 2.49. The van der Waals surface area contributed by atoms with Gasteiger partial charge in [0.15, 0.2) is 5.13 Å². The average molecular weight is 356 g/mol. The van der Waals surface area contributed by atoms with Crippen molar-refractivity contribution in [1.29, 1.82) is 0 Å². The van der Waals surface area contributed by atoms with E-state index >= 15 is 0 Å². The minimum Gasteiger partial charge on any atom is -0.459 e. The van der Waals surface area contributed by atoms with Crippen LogP contribution < -0.4 is 5.32 Å². The molecule has 132 valence electrons. The zero-order valence-corrected chi connectivity index (χ0v) is 15.3. The van der Waals surface area contributed by atoms with Gasteiger partial charge in [-0.2, -0.15) is 0 Å². The Morgan fingerprint density at radius 1 is 1.28 bits per heavy atom. The first-order chi connectivity index (χ1) is 12.2. The second kappa shape index (κ2) is 7.16. The Kier molecular flexibility index (Phi) is 4.75. The molecule has 0 radical (unpaired) electrons. The molecule has 2 aromatic rings. The van der Waals surface area contributed by atoms with E-state index in [4.69, 9.17) is 4.74 Å². The van der Waals surface area contributed by atoms with E-state index in [-0.39, 0.29) is 12.6 Å². The highest BCUT2D eigenvalue weighted by molar-refractivity contribution is 7.13. The molecule has 0 aliphatic heterocycles. The van der Waals surface area contributed by atoms with Crippen molar-refractivity contribution in [3.63, 3.8) is 0 Å². The van der Waals surface area contributed by atoms with Gasteiger partial charge in [0.1, 0.15) is 6.61 Å². The molecule has 0 saturated heterocycles. The van der Waals surface area contributed by atoms with Crippen molar-refractivity contribution in [1.82, 2.24) is 4.98 Å². The van der Waals surface area contributed by atoms with E-state index in [1.807, 2.05) is 17.5 Å². The second-order valence-corrected chi connectivity index (χ2v) is 8.29. The molecule has 2 aliphatic carbocycles. The van der Waals surface area contributed by atoms with E-state index in [1.165, 1.54) is 42.6 Å². The molecule has 5 heteroatoms. The summed E-state index contributed by atoms with van der Waals surface area (Å²) in [6.07, 6.45) is 5.81. The van der Waals surface area contributed by atoms with Crippen LogP contribution in [-0.4, -0.2) is 11.0 Å². The molecule has 1 heterocycles. The van der Waals surface area contributed by atoms with Crippen LogP contribution in [0.5, 0.6) is 0 Å². The highest BCUT2D eigenvalue weighted by atomic mass is 32.1. The van der Waals surface area contributed by atoms with Gasteiger partial charge in [0.05, 0.1) is 5.69 Å². The van der Waals surface area contributed by atoms with Crippen molar-refractivity contribution in [2.45, 2.75) is 45.6 Å². The predicted octanol–water partition coefficient (Wildman–Crippen LogP) is 5.06. The fraction of sp³-hybridized carbons (Fsp3) is 0.500. The first kappa shape index (κ1) is 16.6. The van der Waals surface area contributed by atoms with Crippen LogP contribution in [0.15, 0.2) is 29.6 Å². The first-order valence-electron chi connectivity index (χ1n) is 9.09. The predicted molar refractivity (Wildman–Crippen MR) is 99.9 cm³/mol. The lowest BCUT2D eigenvalue weighted by Crippen LogP contribution is -2.17. The summed E-state index contributed by atoms with van der Waals surface area (Å²) in [5.74, 6) is 2.12. The Hall–Kier alpha value is -1.88. The zero-order valence-electron chi connectivity index (χ0n) is 14.5. The Morgan fingerprint density at radius 3 is 2.84 bits per heavy atom. The Labute approximate surface area is 152 Å². The Bertz CT molecular complexity index is 740. The number of fused-ring (bicyclic) bond motifs is 2. The molecular weight excluding hydrogens is 332 g/mol. The number of benzene rings is 1. The lowest BCUT2D eigenvalue weighted by molar-refractivity contribution is -0.146. The van der Waals surface area contributed by atoms with Crippen LogP contribution in [0.25, 0.3) is 0 Å². The number of anilines is 2. The third-order valence-electron chi connectivity index (χ3n) is 5.55. The minimum atomic E-state index is -0.0707. The summed E-state index contributed by atoms with van der Waals surface area (Å²) < 4.78 is 5.45. The molecule has 4 nitrogen and oxygen atoms in total. The molecule has 1 N–H and O–H groups in total. The van der Waals surface area contributed by atoms with E-state index in [0.29, 0.717) is 12.3 Å². The van der Waals surface area contributed by atoms with Crippen LogP contribution >= 0.6 is 11.3 Å². The molecule has 25 heavy (non-hydrogen) atoms. The van der Waals surface area contributed by atoms with E-state index in [9.17, 15) is 4.79 Å². The summed E-state index contributed by atoms with van der Waals surface area (Å²) in [5, 5.41) is 6.05. The smallest absolute Gasteiger partial charge is 0.306 e. The third kappa shape index (κ3) is 4.03. The van der Waals surface area contributed by atoms with Crippen molar-refractivity contribution in [2.24, 2.45) is 17.8 Å². The van der Waals surface area contributed by atoms with Crippen LogP contribution in [0, 0.1) is 24.7 Å². The molecule has 1 aromatic heterocycles. The first-order valence-corrected chi connectivity index (χ1v) is 9.97. The standard InChI is InChI=1S/C20H24N2O2S/c1-13-2-6-17(7-3-13)21-20-22-18(12-25-20)11-24-19(23)10-16-9-14-4-5-15(16)8-14/h2-3,6-7,12,14-16H,4-5,8-11H2,1H3,(H,21,22)/t14-,15-,16+/m1/s1. The van der Waals surface area contributed by atoms with Gasteiger partial charge >= 0.3 is 5.97 Å². The number of carbonyl (C=O) groups is 1. The van der Waals surface area contributed by atoms with Crippen LogP contribution in [0.4, 0.5) is 10.8 Å². The number of carbonyl (C=O) groups excluding carboxylic acids is 1. The number of aryl methyl sites for hydroxylation is 1. The van der Waals surface area contributed by atoms with E-state index in [0.717, 1.165) is 28.3 Å². The summed E-state index contributed by atoms with van der Waals surface area (Å²) in [6.45, 7) is 2.34. The number of hydrogen-bond acceptors (Lipinski definition) is 5. The molecule has 0 spiro atoms. The fourth-order valence-electron chi connectivity index (χ4n) is 4.24. The second-order valence-electron chi connectivity index (χ2n) is 7.43. The largest absolute Gasteiger partial charge is 0.459 e. The number of ether oxygens (including phenoxy) is 1. The number of rotatable bonds is 6. The summed E-state index contributed by atoms with van der Waals surface area (Å²) in [5.41, 5.74) is 3.05. The van der Waals surface area contributed by atoms with Gasteiger partial charge in [0, 0.05) is 17.5 Å².